The van der Waals surface area contributed by atoms with E-state index in [0.717, 1.165) is 42.9 Å². The third-order valence-corrected chi connectivity index (χ3v) is 8.45. The summed E-state index contributed by atoms with van der Waals surface area (Å²) in [6, 6.07) is 8.23. The molecule has 14 heteroatoms. The summed E-state index contributed by atoms with van der Waals surface area (Å²) in [5, 5.41) is 18.3. The number of aromatic nitrogens is 4. The van der Waals surface area contributed by atoms with Gasteiger partial charge in [-0.2, -0.15) is 4.98 Å². The van der Waals surface area contributed by atoms with Crippen molar-refractivity contribution in [1.82, 2.24) is 24.8 Å². The lowest BCUT2D eigenvalue weighted by Crippen LogP contribution is -2.42. The van der Waals surface area contributed by atoms with Crippen molar-refractivity contribution in [2.75, 3.05) is 67.4 Å². The molecule has 0 bridgehead atoms. The van der Waals surface area contributed by atoms with Gasteiger partial charge in [0.2, 0.25) is 11.8 Å². The highest BCUT2D eigenvalue weighted by Gasteiger charge is 2.24. The zero-order chi connectivity index (χ0) is 30.7. The molecular formula is C29H36N10O3S. The molecule has 0 amide bonds. The van der Waals surface area contributed by atoms with Crippen LogP contribution in [0.2, 0.25) is 0 Å². The Balaban J connectivity index is 1.46. The van der Waals surface area contributed by atoms with E-state index >= 15 is 0 Å². The topological polar surface area (TPSA) is 138 Å². The maximum absolute atomic E-state index is 12.0. The highest BCUT2D eigenvalue weighted by atomic mass is 32.2. The van der Waals surface area contributed by atoms with Gasteiger partial charge in [-0.15, -0.1) is 0 Å². The second-order valence-corrected chi connectivity index (χ2v) is 11.4. The van der Waals surface area contributed by atoms with Crippen molar-refractivity contribution < 1.29 is 9.66 Å². The van der Waals surface area contributed by atoms with Crippen molar-refractivity contribution in [1.29, 1.82) is 0 Å². The molecule has 1 aliphatic heterocycles. The summed E-state index contributed by atoms with van der Waals surface area (Å²) >= 11 is 1.48. The molecule has 5 rings (SSSR count). The molecule has 4 aromatic rings. The van der Waals surface area contributed by atoms with Crippen LogP contribution in [0.3, 0.4) is 0 Å². The number of hydrogen-bond acceptors (Lipinski definition) is 13. The molecule has 0 atom stereocenters. The maximum atomic E-state index is 12.0. The van der Waals surface area contributed by atoms with E-state index in [4.69, 9.17) is 4.74 Å². The van der Waals surface area contributed by atoms with Crippen LogP contribution in [0.4, 0.5) is 40.2 Å². The van der Waals surface area contributed by atoms with Gasteiger partial charge < -0.3 is 29.5 Å². The number of benzene rings is 2. The Morgan fingerprint density at radius 3 is 2.49 bits per heavy atom. The van der Waals surface area contributed by atoms with E-state index in [2.05, 4.69) is 61.4 Å². The lowest BCUT2D eigenvalue weighted by atomic mass is 10.0. The summed E-state index contributed by atoms with van der Waals surface area (Å²) in [6.07, 6.45) is 8.56. The molecule has 2 N–H and O–H groups in total. The van der Waals surface area contributed by atoms with Gasteiger partial charge in [0.15, 0.2) is 0 Å². The average Bonchev–Trinajstić information content (AvgIpc) is 3.00. The second kappa shape index (κ2) is 12.8. The molecule has 2 aromatic carbocycles. The van der Waals surface area contributed by atoms with Gasteiger partial charge in [0.1, 0.15) is 17.5 Å². The van der Waals surface area contributed by atoms with Gasteiger partial charge in [0.05, 0.1) is 34.6 Å². The zero-order valence-electron chi connectivity index (χ0n) is 25.2. The Hall–Kier alpha value is -4.43. The number of nitro groups is 1. The smallest absolute Gasteiger partial charge is 0.329 e. The first-order valence-electron chi connectivity index (χ1n) is 13.9. The minimum Gasteiger partial charge on any atom is -0.494 e. The highest BCUT2D eigenvalue weighted by Crippen LogP contribution is 2.39. The predicted octanol–water partition coefficient (Wildman–Crippen LogP) is 5.38. The zero-order valence-corrected chi connectivity index (χ0v) is 26.0. The molecule has 0 spiro atoms. The van der Waals surface area contributed by atoms with Crippen LogP contribution in [-0.4, -0.2) is 83.4 Å². The Bertz CT molecular complexity index is 1630. The average molecular weight is 605 g/mol. The maximum Gasteiger partial charge on any atom is 0.329 e. The van der Waals surface area contributed by atoms with Crippen LogP contribution < -0.4 is 24.6 Å². The molecule has 13 nitrogen and oxygen atoms in total. The van der Waals surface area contributed by atoms with Gasteiger partial charge in [-0.25, -0.2) is 4.98 Å². The normalized spacial score (nSPS) is 13.8. The second-order valence-electron chi connectivity index (χ2n) is 10.5. The molecule has 2 aromatic heterocycles. The standard InChI is InChI=1S/C29H36N10O3S/c1-18-15-22(25(42-5)16-23(18)38-13-9-19(10-14-38)36(2)3)34-29-32-17-24(39(40)41)28(35-29)33-21-8-7-20-26(31-12-11-30-20)27(21)37(4)43-6/h7-8,11-12,15-17,19H,9-10,13-14H2,1-6H3,(H2,32,33,34,35). The monoisotopic (exact) mass is 604 g/mol. The SMILES string of the molecule is COc1cc(N2CCC(N(C)C)CC2)c(C)cc1Nc1ncc([N+](=O)[O-])c(Nc2ccc3nccnc3c2N(C)SC)n1. The van der Waals surface area contributed by atoms with Gasteiger partial charge in [-0.1, -0.05) is 11.9 Å². The molecule has 0 radical (unpaired) electrons. The van der Waals surface area contributed by atoms with Crippen molar-refractivity contribution in [2.45, 2.75) is 25.8 Å². The minimum absolute atomic E-state index is 0.0394. The number of anilines is 6. The lowest BCUT2D eigenvalue weighted by molar-refractivity contribution is -0.384. The van der Waals surface area contributed by atoms with Gasteiger partial charge in [0.25, 0.3) is 0 Å². The van der Waals surface area contributed by atoms with Crippen LogP contribution >= 0.6 is 11.9 Å². The van der Waals surface area contributed by atoms with Crippen LogP contribution in [0, 0.1) is 17.0 Å². The number of piperidine rings is 1. The number of fused-ring (bicyclic) bond motifs is 1. The molecular weight excluding hydrogens is 568 g/mol. The number of ether oxygens (including phenoxy) is 1. The van der Waals surface area contributed by atoms with Crippen molar-refractivity contribution in [3.8, 4) is 5.75 Å². The first-order valence-corrected chi connectivity index (χ1v) is 15.0. The lowest BCUT2D eigenvalue weighted by Gasteiger charge is -2.37. The molecule has 3 heterocycles. The van der Waals surface area contributed by atoms with Crippen LogP contribution in [-0.2, 0) is 0 Å². The predicted molar refractivity (Wildman–Crippen MR) is 173 cm³/mol. The van der Waals surface area contributed by atoms with Crippen LogP contribution in [0.5, 0.6) is 5.75 Å². The van der Waals surface area contributed by atoms with Crippen molar-refractivity contribution >= 4 is 63.2 Å². The summed E-state index contributed by atoms with van der Waals surface area (Å²) in [7, 11) is 7.78. The molecule has 0 aliphatic carbocycles. The number of rotatable bonds is 10. The fraction of sp³-hybridized carbons (Fsp3) is 0.379. The van der Waals surface area contributed by atoms with E-state index in [0.29, 0.717) is 34.2 Å². The first kappa shape index (κ1) is 30.0. The van der Waals surface area contributed by atoms with Crippen molar-refractivity contribution in [3.05, 3.63) is 58.5 Å². The summed E-state index contributed by atoms with van der Waals surface area (Å²) in [5.41, 5.74) is 5.28. The van der Waals surface area contributed by atoms with Gasteiger partial charge in [0, 0.05) is 56.6 Å². The summed E-state index contributed by atoms with van der Waals surface area (Å²) in [5.74, 6) is 0.854. The molecule has 1 fully saturated rings. The van der Waals surface area contributed by atoms with E-state index < -0.39 is 4.92 Å². The highest BCUT2D eigenvalue weighted by molar-refractivity contribution is 7.99. The molecule has 0 saturated carbocycles. The Morgan fingerprint density at radius 2 is 1.81 bits per heavy atom. The molecule has 43 heavy (non-hydrogen) atoms. The molecule has 1 saturated heterocycles. The third kappa shape index (κ3) is 6.34. The molecule has 1 aliphatic rings. The Labute approximate surface area is 255 Å². The summed E-state index contributed by atoms with van der Waals surface area (Å²) in [4.78, 5) is 33.8. The van der Waals surface area contributed by atoms with E-state index in [9.17, 15) is 10.1 Å². The number of hydrogen-bond donors (Lipinski definition) is 2. The van der Waals surface area contributed by atoms with E-state index in [1.807, 2.05) is 41.9 Å². The van der Waals surface area contributed by atoms with Crippen LogP contribution in [0.15, 0.2) is 42.9 Å². The number of nitrogens with one attached hydrogen (secondary N) is 2. The van der Waals surface area contributed by atoms with Crippen LogP contribution in [0.25, 0.3) is 11.0 Å². The van der Waals surface area contributed by atoms with E-state index in [-0.39, 0.29) is 17.5 Å². The molecule has 226 valence electrons. The number of nitrogens with zero attached hydrogens (tertiary/aromatic N) is 8. The minimum atomic E-state index is -0.510. The summed E-state index contributed by atoms with van der Waals surface area (Å²) in [6.45, 7) is 4.00. The van der Waals surface area contributed by atoms with Gasteiger partial charge in [-0.05, 0) is 57.6 Å². The van der Waals surface area contributed by atoms with Gasteiger partial charge in [-0.3, -0.25) is 20.1 Å². The fourth-order valence-corrected chi connectivity index (χ4v) is 5.72. The number of aryl methyl sites for hydroxylation is 1. The van der Waals surface area contributed by atoms with E-state index in [1.165, 1.54) is 18.1 Å². The Morgan fingerprint density at radius 1 is 1.07 bits per heavy atom. The third-order valence-electron chi connectivity index (χ3n) is 7.72. The number of methoxy groups -OCH3 is 1. The summed E-state index contributed by atoms with van der Waals surface area (Å²) < 4.78 is 7.67. The first-order chi connectivity index (χ1) is 20.7. The van der Waals surface area contributed by atoms with E-state index in [1.54, 1.807) is 19.5 Å². The van der Waals surface area contributed by atoms with Crippen molar-refractivity contribution in [2.24, 2.45) is 0 Å². The Kier molecular flexibility index (Phi) is 8.97. The largest absolute Gasteiger partial charge is 0.494 e. The van der Waals surface area contributed by atoms with Crippen LogP contribution in [0.1, 0.15) is 18.4 Å². The fourth-order valence-electron chi connectivity index (χ4n) is 5.35. The quantitative estimate of drug-likeness (QED) is 0.136. The van der Waals surface area contributed by atoms with Crippen molar-refractivity contribution in [3.63, 3.8) is 0 Å². The van der Waals surface area contributed by atoms with Gasteiger partial charge >= 0.3 is 5.69 Å². The molecule has 0 unspecified atom stereocenters.